The lowest BCUT2D eigenvalue weighted by Crippen LogP contribution is -2.00. The lowest BCUT2D eigenvalue weighted by Gasteiger charge is -2.03. The number of nitrogens with zero attached hydrogens (tertiary/aromatic N) is 1. The van der Waals surface area contributed by atoms with E-state index in [-0.39, 0.29) is 6.04 Å². The molecule has 0 N–H and O–H groups in total. The molecule has 1 heterocycles. The van der Waals surface area contributed by atoms with Gasteiger partial charge >= 0.3 is 0 Å². The maximum atomic E-state index is 5.66. The smallest absolute Gasteiger partial charge is 0.216 e. The molecule has 1 aliphatic heterocycles. The molecule has 0 radical (unpaired) electrons. The van der Waals surface area contributed by atoms with Crippen LogP contribution in [0.5, 0.6) is 0 Å². The van der Waals surface area contributed by atoms with E-state index in [1.165, 1.54) is 5.56 Å². The zero-order valence-corrected chi connectivity index (χ0v) is 9.41. The van der Waals surface area contributed by atoms with Crippen molar-refractivity contribution in [2.45, 2.75) is 6.04 Å². The average Bonchev–Trinajstić information content (AvgIpc) is 2.90. The fraction of sp³-hybridized carbons (Fsp3) is 0.133. The fourth-order valence-electron chi connectivity index (χ4n) is 1.96. The first-order chi connectivity index (χ1) is 8.43. The van der Waals surface area contributed by atoms with Crippen LogP contribution < -0.4 is 0 Å². The summed E-state index contributed by atoms with van der Waals surface area (Å²) in [4.78, 5) is 4.62. The van der Waals surface area contributed by atoms with E-state index in [2.05, 4.69) is 17.1 Å². The van der Waals surface area contributed by atoms with Gasteiger partial charge in [-0.2, -0.15) is 0 Å². The van der Waals surface area contributed by atoms with Gasteiger partial charge in [-0.15, -0.1) is 0 Å². The zero-order valence-electron chi connectivity index (χ0n) is 9.41. The molecule has 1 atom stereocenters. The Morgan fingerprint density at radius 1 is 0.882 bits per heavy atom. The highest BCUT2D eigenvalue weighted by molar-refractivity contribution is 5.95. The summed E-state index contributed by atoms with van der Waals surface area (Å²) in [6, 6.07) is 20.4. The molecule has 0 bridgehead atoms. The van der Waals surface area contributed by atoms with Crippen LogP contribution >= 0.6 is 0 Å². The Labute approximate surface area is 101 Å². The lowest BCUT2D eigenvalue weighted by molar-refractivity contribution is 0.320. The summed E-state index contributed by atoms with van der Waals surface area (Å²) in [6.45, 7) is 0.633. The van der Waals surface area contributed by atoms with E-state index >= 15 is 0 Å². The molecule has 0 aromatic heterocycles. The average molecular weight is 223 g/mol. The largest absolute Gasteiger partial charge is 0.475 e. The maximum Gasteiger partial charge on any atom is 0.216 e. The van der Waals surface area contributed by atoms with Crippen molar-refractivity contribution in [2.24, 2.45) is 4.99 Å². The van der Waals surface area contributed by atoms with Crippen LogP contribution in [0.3, 0.4) is 0 Å². The number of hydrogen-bond acceptors (Lipinski definition) is 2. The molecule has 3 rings (SSSR count). The molecule has 1 aliphatic rings. The Bertz CT molecular complexity index is 519. The highest BCUT2D eigenvalue weighted by Gasteiger charge is 2.20. The number of ether oxygens (including phenoxy) is 1. The van der Waals surface area contributed by atoms with Crippen molar-refractivity contribution in [3.8, 4) is 0 Å². The van der Waals surface area contributed by atoms with Gasteiger partial charge in [0.2, 0.25) is 5.90 Å². The molecule has 2 heteroatoms. The second-order valence-electron chi connectivity index (χ2n) is 4.04. The van der Waals surface area contributed by atoms with Gasteiger partial charge in [0, 0.05) is 5.56 Å². The summed E-state index contributed by atoms with van der Waals surface area (Å²) in [7, 11) is 0. The van der Waals surface area contributed by atoms with Gasteiger partial charge < -0.3 is 4.74 Å². The monoisotopic (exact) mass is 223 g/mol. The Hall–Kier alpha value is -2.09. The van der Waals surface area contributed by atoms with E-state index in [4.69, 9.17) is 4.74 Å². The highest BCUT2D eigenvalue weighted by Crippen LogP contribution is 2.24. The third-order valence-corrected chi connectivity index (χ3v) is 2.86. The van der Waals surface area contributed by atoms with Crippen molar-refractivity contribution in [3.05, 3.63) is 71.8 Å². The predicted octanol–water partition coefficient (Wildman–Crippen LogP) is 3.20. The molecule has 2 aromatic rings. The van der Waals surface area contributed by atoms with Gasteiger partial charge in [0.05, 0.1) is 0 Å². The molecule has 0 amide bonds. The van der Waals surface area contributed by atoms with E-state index < -0.39 is 0 Å². The van der Waals surface area contributed by atoms with Gasteiger partial charge in [-0.3, -0.25) is 0 Å². The van der Waals surface area contributed by atoms with Crippen LogP contribution in [0.25, 0.3) is 0 Å². The lowest BCUT2D eigenvalue weighted by atomic mass is 10.1. The number of hydrogen-bond donors (Lipinski definition) is 0. The predicted molar refractivity (Wildman–Crippen MR) is 68.1 cm³/mol. The molecule has 0 fully saturated rings. The van der Waals surface area contributed by atoms with Crippen LogP contribution in [0.1, 0.15) is 17.2 Å². The second-order valence-corrected chi connectivity index (χ2v) is 4.04. The second kappa shape index (κ2) is 4.42. The van der Waals surface area contributed by atoms with Crippen molar-refractivity contribution in [1.82, 2.24) is 0 Å². The van der Waals surface area contributed by atoms with Gasteiger partial charge in [-0.05, 0) is 17.7 Å². The fourth-order valence-corrected chi connectivity index (χ4v) is 1.96. The minimum atomic E-state index is 0.131. The summed E-state index contributed by atoms with van der Waals surface area (Å²) >= 11 is 0. The van der Waals surface area contributed by atoms with Crippen molar-refractivity contribution in [1.29, 1.82) is 0 Å². The quantitative estimate of drug-likeness (QED) is 0.766. The number of benzene rings is 2. The molecule has 0 aliphatic carbocycles. The van der Waals surface area contributed by atoms with Crippen LogP contribution in [-0.2, 0) is 4.74 Å². The number of aliphatic imine (C=N–C) groups is 1. The van der Waals surface area contributed by atoms with Crippen LogP contribution in [0.15, 0.2) is 65.7 Å². The van der Waals surface area contributed by atoms with E-state index in [9.17, 15) is 0 Å². The molecule has 2 aromatic carbocycles. The Morgan fingerprint density at radius 3 is 2.24 bits per heavy atom. The molecule has 17 heavy (non-hydrogen) atoms. The molecule has 1 unspecified atom stereocenters. The first-order valence-corrected chi connectivity index (χ1v) is 5.74. The summed E-state index contributed by atoms with van der Waals surface area (Å²) in [5, 5.41) is 0. The minimum absolute atomic E-state index is 0.131. The van der Waals surface area contributed by atoms with Crippen LogP contribution in [0.4, 0.5) is 0 Å². The molecule has 84 valence electrons. The van der Waals surface area contributed by atoms with E-state index in [1.807, 2.05) is 48.5 Å². The zero-order chi connectivity index (χ0) is 11.5. The summed E-state index contributed by atoms with van der Waals surface area (Å²) in [5.41, 5.74) is 2.25. The summed E-state index contributed by atoms with van der Waals surface area (Å²) in [6.07, 6.45) is 0. The minimum Gasteiger partial charge on any atom is -0.475 e. The molecule has 0 spiro atoms. The molecular weight excluding hydrogens is 210 g/mol. The standard InChI is InChI=1S/C15H13NO/c1-3-7-12(8-4-1)14-11-17-15(16-14)13-9-5-2-6-10-13/h1-10,14H,11H2. The van der Waals surface area contributed by atoms with Crippen molar-refractivity contribution < 1.29 is 4.74 Å². The third-order valence-electron chi connectivity index (χ3n) is 2.86. The summed E-state index contributed by atoms with van der Waals surface area (Å²) < 4.78 is 5.66. The first-order valence-electron chi connectivity index (χ1n) is 5.74. The van der Waals surface area contributed by atoms with Gasteiger partial charge in [0.25, 0.3) is 0 Å². The van der Waals surface area contributed by atoms with Gasteiger partial charge in [-0.1, -0.05) is 48.5 Å². The van der Waals surface area contributed by atoms with E-state index in [1.54, 1.807) is 0 Å². The van der Waals surface area contributed by atoms with Gasteiger partial charge in [-0.25, -0.2) is 4.99 Å². The van der Waals surface area contributed by atoms with Crippen LogP contribution in [0.2, 0.25) is 0 Å². The first kappa shape index (κ1) is 10.1. The van der Waals surface area contributed by atoms with Gasteiger partial charge in [0.1, 0.15) is 12.6 Å². The highest BCUT2D eigenvalue weighted by atomic mass is 16.5. The number of rotatable bonds is 2. The Kier molecular flexibility index (Phi) is 2.62. The maximum absolute atomic E-state index is 5.66. The van der Waals surface area contributed by atoms with E-state index in [0.717, 1.165) is 11.5 Å². The molecule has 0 saturated carbocycles. The normalized spacial score (nSPS) is 18.6. The van der Waals surface area contributed by atoms with Crippen molar-refractivity contribution in [2.75, 3.05) is 6.61 Å². The van der Waals surface area contributed by atoms with Crippen LogP contribution in [0, 0.1) is 0 Å². The topological polar surface area (TPSA) is 21.6 Å². The van der Waals surface area contributed by atoms with E-state index in [0.29, 0.717) is 6.61 Å². The van der Waals surface area contributed by atoms with Gasteiger partial charge in [0.15, 0.2) is 0 Å². The molecular formula is C15H13NO. The van der Waals surface area contributed by atoms with Crippen molar-refractivity contribution in [3.63, 3.8) is 0 Å². The third kappa shape index (κ3) is 2.07. The van der Waals surface area contributed by atoms with Crippen LogP contribution in [-0.4, -0.2) is 12.5 Å². The Balaban J connectivity index is 1.87. The molecule has 2 nitrogen and oxygen atoms in total. The SMILES string of the molecule is c1ccc(C2=NC(c3ccccc3)CO2)cc1. The van der Waals surface area contributed by atoms with Crippen molar-refractivity contribution >= 4 is 5.90 Å². The molecule has 0 saturated heterocycles. The Morgan fingerprint density at radius 2 is 1.53 bits per heavy atom. The summed E-state index contributed by atoms with van der Waals surface area (Å²) in [5.74, 6) is 0.749.